The van der Waals surface area contributed by atoms with Gasteiger partial charge in [-0.05, 0) is 61.1 Å². The number of rotatable bonds is 2. The summed E-state index contributed by atoms with van der Waals surface area (Å²) < 4.78 is 4.71. The predicted molar refractivity (Wildman–Crippen MR) is 110 cm³/mol. The van der Waals surface area contributed by atoms with Crippen molar-refractivity contribution in [3.05, 3.63) is 63.4 Å². The Balaban J connectivity index is 2.77. The van der Waals surface area contributed by atoms with Gasteiger partial charge in [0.25, 0.3) is 0 Å². The molecular formula is C18H18Br4. The first kappa shape index (κ1) is 18.7. The van der Waals surface area contributed by atoms with Gasteiger partial charge in [0.15, 0.2) is 0 Å². The van der Waals surface area contributed by atoms with Crippen molar-refractivity contribution in [2.75, 3.05) is 0 Å². The van der Waals surface area contributed by atoms with E-state index in [9.17, 15) is 0 Å². The quantitative estimate of drug-likeness (QED) is 0.352. The second-order valence-electron chi connectivity index (χ2n) is 5.83. The Morgan fingerprint density at radius 2 is 0.818 bits per heavy atom. The van der Waals surface area contributed by atoms with Gasteiger partial charge in [0.1, 0.15) is 0 Å². The highest BCUT2D eigenvalue weighted by Gasteiger charge is 2.23. The van der Waals surface area contributed by atoms with Crippen molar-refractivity contribution in [1.29, 1.82) is 0 Å². The van der Waals surface area contributed by atoms with Crippen molar-refractivity contribution in [3.63, 3.8) is 0 Å². The number of aryl methyl sites for hydroxylation is 4. The topological polar surface area (TPSA) is 0 Å². The first-order valence-electron chi connectivity index (χ1n) is 7.07. The molecule has 0 aliphatic rings. The molecular weight excluding hydrogens is 536 g/mol. The summed E-state index contributed by atoms with van der Waals surface area (Å²) in [4.78, 5) is 0. The summed E-state index contributed by atoms with van der Waals surface area (Å²) in [5, 5.41) is 0. The van der Waals surface area contributed by atoms with Crippen molar-refractivity contribution >= 4 is 63.7 Å². The molecule has 0 aliphatic heterocycles. The summed E-state index contributed by atoms with van der Waals surface area (Å²) in [6, 6.07) is 4.41. The molecule has 0 aromatic heterocycles. The van der Waals surface area contributed by atoms with E-state index in [1.165, 1.54) is 51.3 Å². The van der Waals surface area contributed by atoms with Gasteiger partial charge in [0, 0.05) is 23.8 Å². The normalized spacial score (nSPS) is 11.4. The summed E-state index contributed by atoms with van der Waals surface area (Å²) in [6.45, 7) is 10.8. The molecule has 2 aromatic carbocycles. The Labute approximate surface area is 166 Å². The molecule has 0 bridgehead atoms. The molecule has 0 unspecified atom stereocenters. The highest BCUT2D eigenvalue weighted by molar-refractivity contribution is 9.11. The van der Waals surface area contributed by atoms with Gasteiger partial charge < -0.3 is 0 Å². The summed E-state index contributed by atoms with van der Waals surface area (Å²) in [5.41, 5.74) is 7.64. The fourth-order valence-corrected chi connectivity index (χ4v) is 6.01. The highest BCUT2D eigenvalue weighted by Crippen LogP contribution is 2.45. The Morgan fingerprint density at radius 3 is 1.05 bits per heavy atom. The van der Waals surface area contributed by atoms with Gasteiger partial charge in [-0.1, -0.05) is 82.8 Å². The van der Waals surface area contributed by atoms with Crippen molar-refractivity contribution in [3.8, 4) is 0 Å². The highest BCUT2D eigenvalue weighted by atomic mass is 79.9. The second-order valence-corrected chi connectivity index (χ2v) is 9.00. The van der Waals surface area contributed by atoms with E-state index >= 15 is 0 Å². The lowest BCUT2D eigenvalue weighted by molar-refractivity contribution is 0.884. The van der Waals surface area contributed by atoms with E-state index in [1.54, 1.807) is 0 Å². The second kappa shape index (κ2) is 7.08. The van der Waals surface area contributed by atoms with Crippen LogP contribution in [-0.4, -0.2) is 0 Å². The SMILES string of the molecule is Cc1cc(C)c(Br)c(C(C)c2c(Br)c(C)cc(C)c2Br)c1Br. The van der Waals surface area contributed by atoms with Crippen LogP contribution in [-0.2, 0) is 0 Å². The van der Waals surface area contributed by atoms with Gasteiger partial charge in [-0.2, -0.15) is 0 Å². The number of halogens is 4. The van der Waals surface area contributed by atoms with Crippen LogP contribution in [0.3, 0.4) is 0 Å². The van der Waals surface area contributed by atoms with Gasteiger partial charge in [-0.25, -0.2) is 0 Å². The first-order valence-corrected chi connectivity index (χ1v) is 10.2. The van der Waals surface area contributed by atoms with E-state index in [2.05, 4.69) is 110 Å². The van der Waals surface area contributed by atoms with E-state index in [0.717, 1.165) is 0 Å². The Morgan fingerprint density at radius 1 is 0.591 bits per heavy atom. The van der Waals surface area contributed by atoms with Crippen LogP contribution in [0.25, 0.3) is 0 Å². The maximum Gasteiger partial charge on any atom is 0.0254 e. The van der Waals surface area contributed by atoms with E-state index in [1.807, 2.05) is 0 Å². The van der Waals surface area contributed by atoms with Crippen LogP contribution >= 0.6 is 63.7 Å². The predicted octanol–water partition coefficient (Wildman–Crippen LogP) is 8.12. The molecule has 0 heterocycles. The maximum absolute atomic E-state index is 3.79. The Hall–Kier alpha value is 0.360. The lowest BCUT2D eigenvalue weighted by Crippen LogP contribution is -2.05. The van der Waals surface area contributed by atoms with Gasteiger partial charge in [0.05, 0.1) is 0 Å². The number of hydrogen-bond acceptors (Lipinski definition) is 0. The molecule has 0 fully saturated rings. The molecule has 0 saturated carbocycles. The third kappa shape index (κ3) is 3.26. The molecule has 4 heteroatoms. The minimum absolute atomic E-state index is 0.254. The lowest BCUT2D eigenvalue weighted by Gasteiger charge is -2.23. The molecule has 118 valence electrons. The average molecular weight is 554 g/mol. The maximum atomic E-state index is 3.79. The molecule has 0 N–H and O–H groups in total. The monoisotopic (exact) mass is 550 g/mol. The average Bonchev–Trinajstić information content (AvgIpc) is 2.44. The first-order chi connectivity index (χ1) is 10.2. The minimum atomic E-state index is 0.254. The van der Waals surface area contributed by atoms with Gasteiger partial charge in [0.2, 0.25) is 0 Å². The number of benzene rings is 2. The summed E-state index contributed by atoms with van der Waals surface area (Å²) in [6.07, 6.45) is 0. The van der Waals surface area contributed by atoms with Crippen LogP contribution in [0.1, 0.15) is 46.2 Å². The molecule has 2 aromatic rings. The van der Waals surface area contributed by atoms with Gasteiger partial charge >= 0.3 is 0 Å². The third-order valence-corrected chi connectivity index (χ3v) is 8.27. The van der Waals surface area contributed by atoms with Crippen molar-refractivity contribution in [2.24, 2.45) is 0 Å². The lowest BCUT2D eigenvalue weighted by atomic mass is 9.89. The molecule has 0 atom stereocenters. The van der Waals surface area contributed by atoms with E-state index < -0.39 is 0 Å². The molecule has 0 saturated heterocycles. The fourth-order valence-electron chi connectivity index (χ4n) is 2.85. The number of hydrogen-bond donors (Lipinski definition) is 0. The largest absolute Gasteiger partial charge is 0.0541 e. The van der Waals surface area contributed by atoms with Crippen LogP contribution in [0, 0.1) is 27.7 Å². The molecule has 2 rings (SSSR count). The Bertz CT molecular complexity index is 632. The van der Waals surface area contributed by atoms with Gasteiger partial charge in [-0.3, -0.25) is 0 Å². The van der Waals surface area contributed by atoms with Crippen LogP contribution in [0.4, 0.5) is 0 Å². The van der Waals surface area contributed by atoms with E-state index in [0.29, 0.717) is 0 Å². The molecule has 0 radical (unpaired) electrons. The standard InChI is InChI=1S/C18H18Br4/c1-8-6-9(2)16(20)13(15(8)19)12(5)14-17(21)10(3)7-11(4)18(14)22/h6-7,12H,1-5H3. The molecule has 0 spiro atoms. The summed E-state index contributed by atoms with van der Waals surface area (Å²) in [7, 11) is 0. The van der Waals surface area contributed by atoms with Crippen LogP contribution < -0.4 is 0 Å². The van der Waals surface area contributed by atoms with Crippen molar-refractivity contribution in [2.45, 2.75) is 40.5 Å². The Kier molecular flexibility index (Phi) is 6.02. The van der Waals surface area contributed by atoms with Gasteiger partial charge in [-0.15, -0.1) is 0 Å². The van der Waals surface area contributed by atoms with E-state index in [4.69, 9.17) is 0 Å². The molecule has 0 nitrogen and oxygen atoms in total. The zero-order valence-corrected chi connectivity index (χ0v) is 19.6. The van der Waals surface area contributed by atoms with Crippen LogP contribution in [0.15, 0.2) is 30.0 Å². The molecule has 0 amide bonds. The van der Waals surface area contributed by atoms with E-state index in [-0.39, 0.29) is 5.92 Å². The smallest absolute Gasteiger partial charge is 0.0254 e. The minimum Gasteiger partial charge on any atom is -0.0541 e. The van der Waals surface area contributed by atoms with Crippen molar-refractivity contribution in [1.82, 2.24) is 0 Å². The van der Waals surface area contributed by atoms with Crippen LogP contribution in [0.5, 0.6) is 0 Å². The van der Waals surface area contributed by atoms with Crippen LogP contribution in [0.2, 0.25) is 0 Å². The fraction of sp³-hybridized carbons (Fsp3) is 0.333. The van der Waals surface area contributed by atoms with Crippen molar-refractivity contribution < 1.29 is 0 Å². The molecule has 22 heavy (non-hydrogen) atoms. The summed E-state index contributed by atoms with van der Waals surface area (Å²) >= 11 is 15.2. The molecule has 0 aliphatic carbocycles. The summed E-state index contributed by atoms with van der Waals surface area (Å²) in [5.74, 6) is 0.254. The third-order valence-electron chi connectivity index (χ3n) is 4.06. The zero-order chi connectivity index (χ0) is 16.8. The zero-order valence-electron chi connectivity index (χ0n) is 13.2.